The molecule has 0 bridgehead atoms. The van der Waals surface area contributed by atoms with Crippen LogP contribution < -0.4 is 10.3 Å². The highest BCUT2D eigenvalue weighted by Gasteiger charge is 2.44. The Labute approximate surface area is 174 Å². The molecule has 0 unspecified atom stereocenters. The van der Waals surface area contributed by atoms with Crippen molar-refractivity contribution in [2.24, 2.45) is 0 Å². The van der Waals surface area contributed by atoms with E-state index in [1.54, 1.807) is 49.4 Å². The summed E-state index contributed by atoms with van der Waals surface area (Å²) in [5.74, 6) is 0.304. The van der Waals surface area contributed by atoms with Gasteiger partial charge in [0.1, 0.15) is 11.3 Å². The van der Waals surface area contributed by atoms with Crippen LogP contribution in [-0.2, 0) is 0 Å². The summed E-state index contributed by atoms with van der Waals surface area (Å²) >= 11 is 12.3. The third-order valence-corrected chi connectivity index (χ3v) is 5.33. The zero-order chi connectivity index (χ0) is 20.3. The van der Waals surface area contributed by atoms with Crippen molar-refractivity contribution in [3.05, 3.63) is 91.4 Å². The average Bonchev–Trinajstić information content (AvgIpc) is 3.24. The maximum atomic E-state index is 13.4. The van der Waals surface area contributed by atoms with Crippen LogP contribution in [0.25, 0.3) is 11.0 Å². The summed E-state index contributed by atoms with van der Waals surface area (Å²) in [7, 11) is 0. The lowest BCUT2D eigenvalue weighted by atomic mass is 9.98. The van der Waals surface area contributed by atoms with Gasteiger partial charge in [-0.15, -0.1) is 0 Å². The molecule has 1 aliphatic rings. The second kappa shape index (κ2) is 6.47. The Morgan fingerprint density at radius 3 is 2.55 bits per heavy atom. The molecule has 144 valence electrons. The summed E-state index contributed by atoms with van der Waals surface area (Å²) in [6.45, 7) is 1.72. The van der Waals surface area contributed by atoms with E-state index in [0.717, 1.165) is 0 Å². The molecule has 8 heteroatoms. The Morgan fingerprint density at radius 2 is 1.83 bits per heavy atom. The van der Waals surface area contributed by atoms with Gasteiger partial charge in [-0.2, -0.15) is 0 Å². The van der Waals surface area contributed by atoms with Gasteiger partial charge in [0.25, 0.3) is 5.91 Å². The predicted molar refractivity (Wildman–Crippen MR) is 109 cm³/mol. The van der Waals surface area contributed by atoms with Crippen LogP contribution in [-0.4, -0.2) is 11.1 Å². The van der Waals surface area contributed by atoms with E-state index >= 15 is 0 Å². The summed E-state index contributed by atoms with van der Waals surface area (Å²) in [5.41, 5.74) is 0.825. The molecule has 0 saturated heterocycles. The number of carbonyl (C=O) groups is 1. The maximum absolute atomic E-state index is 13.4. The number of carbonyl (C=O) groups excluding carboxylic acids is 1. The van der Waals surface area contributed by atoms with Gasteiger partial charge in [-0.25, -0.2) is 0 Å². The standard InChI is InChI=1S/C21H12Cl2N2O4/c1-10-7-16(24-29-10)25-18(11-3-2-4-12(22)8-11)17-19(26)14-9-13(23)5-6-15(14)28-20(17)21(25)27/h2-9,18H,1H3/t18-/m0/s1. The SMILES string of the molecule is Cc1cc(N2C(=O)c3oc4ccc(Cl)cc4c(=O)c3[C@@H]2c2cccc(Cl)c2)no1. The summed E-state index contributed by atoms with van der Waals surface area (Å²) in [4.78, 5) is 28.1. The van der Waals surface area contributed by atoms with Gasteiger partial charge >= 0.3 is 0 Å². The molecule has 1 aliphatic heterocycles. The van der Waals surface area contributed by atoms with Crippen molar-refractivity contribution < 1.29 is 13.7 Å². The number of hydrogen-bond donors (Lipinski definition) is 0. The van der Waals surface area contributed by atoms with E-state index in [4.69, 9.17) is 32.1 Å². The molecule has 1 atom stereocenters. The van der Waals surface area contributed by atoms with Crippen LogP contribution in [0.3, 0.4) is 0 Å². The van der Waals surface area contributed by atoms with Gasteiger partial charge in [-0.1, -0.05) is 40.5 Å². The summed E-state index contributed by atoms with van der Waals surface area (Å²) in [5, 5.41) is 5.16. The van der Waals surface area contributed by atoms with Gasteiger partial charge in [0.05, 0.1) is 17.0 Å². The van der Waals surface area contributed by atoms with Crippen molar-refractivity contribution in [1.29, 1.82) is 0 Å². The van der Waals surface area contributed by atoms with E-state index in [1.807, 2.05) is 0 Å². The zero-order valence-corrected chi connectivity index (χ0v) is 16.5. The fourth-order valence-electron chi connectivity index (χ4n) is 3.64. The van der Waals surface area contributed by atoms with Crippen LogP contribution in [0.2, 0.25) is 10.0 Å². The van der Waals surface area contributed by atoms with Crippen LogP contribution in [0, 0.1) is 6.92 Å². The molecule has 5 rings (SSSR count). The first-order valence-corrected chi connectivity index (χ1v) is 9.48. The Bertz CT molecular complexity index is 1360. The molecule has 2 aromatic heterocycles. The molecule has 0 spiro atoms. The number of rotatable bonds is 2. The van der Waals surface area contributed by atoms with Crippen LogP contribution in [0.5, 0.6) is 0 Å². The van der Waals surface area contributed by atoms with Gasteiger partial charge < -0.3 is 8.94 Å². The Kier molecular flexibility index (Phi) is 4.01. The number of fused-ring (bicyclic) bond motifs is 2. The van der Waals surface area contributed by atoms with Crippen LogP contribution in [0.4, 0.5) is 5.82 Å². The summed E-state index contributed by atoms with van der Waals surface area (Å²) in [6, 6.07) is 12.5. The van der Waals surface area contributed by atoms with Crippen LogP contribution in [0.1, 0.15) is 33.5 Å². The normalized spacial score (nSPS) is 15.9. The van der Waals surface area contributed by atoms with Crippen molar-refractivity contribution in [2.75, 3.05) is 4.90 Å². The van der Waals surface area contributed by atoms with Crippen molar-refractivity contribution in [1.82, 2.24) is 5.16 Å². The monoisotopic (exact) mass is 426 g/mol. The van der Waals surface area contributed by atoms with Crippen LogP contribution >= 0.6 is 23.2 Å². The fraction of sp³-hybridized carbons (Fsp3) is 0.0952. The van der Waals surface area contributed by atoms with E-state index in [-0.39, 0.29) is 28.2 Å². The molecule has 1 amide bonds. The van der Waals surface area contributed by atoms with Crippen molar-refractivity contribution in [2.45, 2.75) is 13.0 Å². The number of hydrogen-bond acceptors (Lipinski definition) is 5. The second-order valence-electron chi connectivity index (χ2n) is 6.74. The van der Waals surface area contributed by atoms with E-state index in [2.05, 4.69) is 5.16 Å². The number of nitrogens with zero attached hydrogens (tertiary/aromatic N) is 2. The van der Waals surface area contributed by atoms with Gasteiger partial charge in [0, 0.05) is 16.1 Å². The topological polar surface area (TPSA) is 76.6 Å². The summed E-state index contributed by atoms with van der Waals surface area (Å²) < 4.78 is 11.0. The number of aromatic nitrogens is 1. The molecular weight excluding hydrogens is 415 g/mol. The average molecular weight is 427 g/mol. The molecule has 29 heavy (non-hydrogen) atoms. The van der Waals surface area contributed by atoms with Crippen LogP contribution in [0.15, 0.2) is 62.3 Å². The van der Waals surface area contributed by atoms with Gasteiger partial charge in [-0.05, 0) is 42.8 Å². The van der Waals surface area contributed by atoms with Gasteiger partial charge in [0.15, 0.2) is 11.2 Å². The molecule has 2 aromatic carbocycles. The van der Waals surface area contributed by atoms with Crippen molar-refractivity contribution in [3.8, 4) is 0 Å². The van der Waals surface area contributed by atoms with E-state index in [0.29, 0.717) is 26.8 Å². The number of anilines is 1. The quantitative estimate of drug-likeness (QED) is 0.443. The van der Waals surface area contributed by atoms with E-state index in [9.17, 15) is 9.59 Å². The molecular formula is C21H12Cl2N2O4. The lowest BCUT2D eigenvalue weighted by Gasteiger charge is -2.22. The molecule has 0 saturated carbocycles. The number of amides is 1. The molecule has 0 N–H and O–H groups in total. The smallest absolute Gasteiger partial charge is 0.296 e. The molecule has 3 heterocycles. The Balaban J connectivity index is 1.84. The highest BCUT2D eigenvalue weighted by Crippen LogP contribution is 2.41. The Morgan fingerprint density at radius 1 is 1.03 bits per heavy atom. The first-order valence-electron chi connectivity index (χ1n) is 8.72. The molecule has 6 nitrogen and oxygen atoms in total. The minimum Gasteiger partial charge on any atom is -0.450 e. The summed E-state index contributed by atoms with van der Waals surface area (Å²) in [6.07, 6.45) is 0. The minimum absolute atomic E-state index is 0.0320. The first kappa shape index (κ1) is 18.0. The predicted octanol–water partition coefficient (Wildman–Crippen LogP) is 5.15. The van der Waals surface area contributed by atoms with Crippen molar-refractivity contribution in [3.63, 3.8) is 0 Å². The molecule has 0 fully saturated rings. The first-order chi connectivity index (χ1) is 13.9. The lowest BCUT2D eigenvalue weighted by Crippen LogP contribution is -2.29. The minimum atomic E-state index is -0.764. The van der Waals surface area contributed by atoms with Gasteiger partial charge in [0.2, 0.25) is 5.76 Å². The molecule has 0 radical (unpaired) electrons. The molecule has 0 aliphatic carbocycles. The lowest BCUT2D eigenvalue weighted by molar-refractivity contribution is 0.0969. The van der Waals surface area contributed by atoms with E-state index in [1.165, 1.54) is 11.0 Å². The highest BCUT2D eigenvalue weighted by atomic mass is 35.5. The second-order valence-corrected chi connectivity index (χ2v) is 7.62. The third-order valence-electron chi connectivity index (χ3n) is 4.86. The molecule has 4 aromatic rings. The maximum Gasteiger partial charge on any atom is 0.296 e. The van der Waals surface area contributed by atoms with Crippen molar-refractivity contribution >= 4 is 45.9 Å². The third kappa shape index (κ3) is 2.75. The highest BCUT2D eigenvalue weighted by molar-refractivity contribution is 6.31. The number of halogens is 2. The number of aryl methyl sites for hydroxylation is 1. The zero-order valence-electron chi connectivity index (χ0n) is 15.0. The number of benzene rings is 2. The van der Waals surface area contributed by atoms with Gasteiger partial charge in [-0.3, -0.25) is 14.5 Å². The fourth-order valence-corrected chi connectivity index (χ4v) is 4.01. The Hall–Kier alpha value is -3.09. The largest absolute Gasteiger partial charge is 0.450 e. The van der Waals surface area contributed by atoms with E-state index < -0.39 is 11.9 Å².